The van der Waals surface area contributed by atoms with E-state index in [0.29, 0.717) is 14.8 Å². The summed E-state index contributed by atoms with van der Waals surface area (Å²) in [6.45, 7) is 0. The van der Waals surface area contributed by atoms with Gasteiger partial charge in [0.25, 0.3) is 0 Å². The van der Waals surface area contributed by atoms with Crippen molar-refractivity contribution < 1.29 is 0 Å². The van der Waals surface area contributed by atoms with Gasteiger partial charge in [-0.3, -0.25) is 0 Å². The number of aromatic nitrogens is 2. The normalized spacial score (nSPS) is 8.90. The van der Waals surface area contributed by atoms with Gasteiger partial charge >= 0.3 is 0 Å². The predicted octanol–water partition coefficient (Wildman–Crippen LogP) is 1.87. The van der Waals surface area contributed by atoms with E-state index in [-0.39, 0.29) is 0 Å². The summed E-state index contributed by atoms with van der Waals surface area (Å²) in [7, 11) is 0. The van der Waals surface area contributed by atoms with Crippen molar-refractivity contribution in [2.24, 2.45) is 0 Å². The van der Waals surface area contributed by atoms with Crippen molar-refractivity contribution in [3.8, 4) is 6.07 Å². The lowest BCUT2D eigenvalue weighted by Gasteiger charge is -1.92. The van der Waals surface area contributed by atoms with Crippen LogP contribution in [0.25, 0.3) is 0 Å². The van der Waals surface area contributed by atoms with Gasteiger partial charge in [-0.05, 0) is 31.9 Å². The second-order valence-corrected chi connectivity index (χ2v) is 2.94. The zero-order valence-electron chi connectivity index (χ0n) is 4.67. The lowest BCUT2D eigenvalue weighted by Crippen LogP contribution is -1.87. The average Bonchev–Trinajstić information content (AvgIpc) is 1.88. The zero-order chi connectivity index (χ0) is 7.56. The molecule has 0 saturated carbocycles. The maximum absolute atomic E-state index is 8.51. The highest BCUT2D eigenvalue weighted by Crippen LogP contribution is 2.18. The average molecular weight is 263 g/mol. The van der Waals surface area contributed by atoms with Crippen molar-refractivity contribution >= 4 is 31.9 Å². The Balaban J connectivity index is 3.34. The molecule has 0 N–H and O–H groups in total. The number of rotatable bonds is 0. The summed E-state index contributed by atoms with van der Waals surface area (Å²) in [5, 5.41) is 8.51. The van der Waals surface area contributed by atoms with Crippen LogP contribution in [0.2, 0.25) is 0 Å². The Hall–Kier alpha value is -0.470. The monoisotopic (exact) mass is 261 g/mol. The second kappa shape index (κ2) is 3.08. The largest absolute Gasteiger partial charge is 0.228 e. The molecular formula is C5HBr2N3. The summed E-state index contributed by atoms with van der Waals surface area (Å²) in [4.78, 5) is 7.53. The van der Waals surface area contributed by atoms with Gasteiger partial charge in [0, 0.05) is 0 Å². The van der Waals surface area contributed by atoms with E-state index in [1.165, 1.54) is 6.33 Å². The van der Waals surface area contributed by atoms with Crippen LogP contribution < -0.4 is 0 Å². The lowest BCUT2D eigenvalue weighted by molar-refractivity contribution is 1.09. The number of hydrogen-bond donors (Lipinski definition) is 0. The van der Waals surface area contributed by atoms with Crippen molar-refractivity contribution in [3.63, 3.8) is 0 Å². The van der Waals surface area contributed by atoms with E-state index < -0.39 is 0 Å². The van der Waals surface area contributed by atoms with Crippen LogP contribution in [0.5, 0.6) is 0 Å². The Morgan fingerprint density at radius 2 is 1.80 bits per heavy atom. The molecule has 5 heteroatoms. The topological polar surface area (TPSA) is 49.6 Å². The molecule has 50 valence electrons. The van der Waals surface area contributed by atoms with Gasteiger partial charge in [-0.1, -0.05) is 0 Å². The smallest absolute Gasteiger partial charge is 0.128 e. The third-order valence-electron chi connectivity index (χ3n) is 0.867. The van der Waals surface area contributed by atoms with E-state index in [4.69, 9.17) is 5.26 Å². The molecule has 1 heterocycles. The standard InChI is InChI=1S/C5HBr2N3/c6-4-3(1-8)5(7)10-2-9-4/h2H. The van der Waals surface area contributed by atoms with Crippen LogP contribution in [0.1, 0.15) is 5.56 Å². The Kier molecular flexibility index (Phi) is 2.35. The van der Waals surface area contributed by atoms with Crippen LogP contribution in [0.15, 0.2) is 15.5 Å². The van der Waals surface area contributed by atoms with Crippen molar-refractivity contribution in [1.29, 1.82) is 5.26 Å². The maximum Gasteiger partial charge on any atom is 0.128 e. The maximum atomic E-state index is 8.51. The molecule has 0 spiro atoms. The highest BCUT2D eigenvalue weighted by Gasteiger charge is 2.03. The van der Waals surface area contributed by atoms with Crippen LogP contribution in [0.4, 0.5) is 0 Å². The van der Waals surface area contributed by atoms with E-state index in [1.54, 1.807) is 0 Å². The van der Waals surface area contributed by atoms with Gasteiger partial charge in [0.1, 0.15) is 27.2 Å². The molecule has 0 saturated heterocycles. The highest BCUT2D eigenvalue weighted by molar-refractivity contribution is 9.11. The summed E-state index contributed by atoms with van der Waals surface area (Å²) in [6.07, 6.45) is 1.37. The summed E-state index contributed by atoms with van der Waals surface area (Å²) < 4.78 is 1.02. The van der Waals surface area contributed by atoms with Gasteiger partial charge in [-0.25, -0.2) is 9.97 Å². The molecule has 0 amide bonds. The third-order valence-corrected chi connectivity index (χ3v) is 2.07. The summed E-state index contributed by atoms with van der Waals surface area (Å²) >= 11 is 6.21. The molecule has 0 aliphatic rings. The highest BCUT2D eigenvalue weighted by atomic mass is 79.9. The SMILES string of the molecule is N#Cc1c(Br)ncnc1Br. The van der Waals surface area contributed by atoms with E-state index in [2.05, 4.69) is 41.8 Å². The molecule has 0 aliphatic heterocycles. The van der Waals surface area contributed by atoms with E-state index in [0.717, 1.165) is 0 Å². The van der Waals surface area contributed by atoms with Crippen LogP contribution in [0, 0.1) is 11.3 Å². The van der Waals surface area contributed by atoms with Crippen LogP contribution in [-0.2, 0) is 0 Å². The minimum atomic E-state index is 0.419. The molecule has 0 fully saturated rings. The first kappa shape index (κ1) is 7.63. The van der Waals surface area contributed by atoms with E-state index in [9.17, 15) is 0 Å². The molecule has 0 radical (unpaired) electrons. The van der Waals surface area contributed by atoms with Gasteiger partial charge in [0.15, 0.2) is 0 Å². The first-order valence-corrected chi connectivity index (χ1v) is 3.90. The molecule has 1 aromatic rings. The fourth-order valence-corrected chi connectivity index (χ4v) is 1.44. The quantitative estimate of drug-likeness (QED) is 0.671. The van der Waals surface area contributed by atoms with Gasteiger partial charge in [0.05, 0.1) is 0 Å². The van der Waals surface area contributed by atoms with E-state index in [1.807, 2.05) is 6.07 Å². The number of hydrogen-bond acceptors (Lipinski definition) is 3. The number of nitrogens with zero attached hydrogens (tertiary/aromatic N) is 3. The van der Waals surface area contributed by atoms with Crippen LogP contribution in [0.3, 0.4) is 0 Å². The molecular weight excluding hydrogens is 262 g/mol. The minimum absolute atomic E-state index is 0.419. The molecule has 0 atom stereocenters. The van der Waals surface area contributed by atoms with Crippen molar-refractivity contribution in [2.75, 3.05) is 0 Å². The summed E-state index contributed by atoms with van der Waals surface area (Å²) in [5.74, 6) is 0. The van der Waals surface area contributed by atoms with E-state index >= 15 is 0 Å². The van der Waals surface area contributed by atoms with Crippen molar-refractivity contribution in [2.45, 2.75) is 0 Å². The Labute approximate surface area is 74.4 Å². The molecule has 10 heavy (non-hydrogen) atoms. The van der Waals surface area contributed by atoms with Gasteiger partial charge in [-0.15, -0.1) is 0 Å². The molecule has 1 rings (SSSR count). The molecule has 3 nitrogen and oxygen atoms in total. The fraction of sp³-hybridized carbons (Fsp3) is 0. The molecule has 0 unspecified atom stereocenters. The molecule has 0 aliphatic carbocycles. The first-order valence-electron chi connectivity index (χ1n) is 2.32. The number of nitriles is 1. The van der Waals surface area contributed by atoms with Crippen LogP contribution >= 0.6 is 31.9 Å². The minimum Gasteiger partial charge on any atom is -0.228 e. The Morgan fingerprint density at radius 1 is 1.30 bits per heavy atom. The van der Waals surface area contributed by atoms with Gasteiger partial charge < -0.3 is 0 Å². The fourth-order valence-electron chi connectivity index (χ4n) is 0.437. The number of halogens is 2. The summed E-state index contributed by atoms with van der Waals surface area (Å²) in [5.41, 5.74) is 0.419. The second-order valence-electron chi connectivity index (χ2n) is 1.44. The van der Waals surface area contributed by atoms with Gasteiger partial charge in [0.2, 0.25) is 0 Å². The van der Waals surface area contributed by atoms with Crippen LogP contribution in [-0.4, -0.2) is 9.97 Å². The molecule has 0 aromatic carbocycles. The first-order chi connectivity index (χ1) is 4.75. The zero-order valence-corrected chi connectivity index (χ0v) is 7.85. The lowest BCUT2D eigenvalue weighted by atomic mass is 10.4. The van der Waals surface area contributed by atoms with Gasteiger partial charge in [-0.2, -0.15) is 5.26 Å². The van der Waals surface area contributed by atoms with Crippen molar-refractivity contribution in [3.05, 3.63) is 21.1 Å². The van der Waals surface area contributed by atoms with Crippen molar-refractivity contribution in [1.82, 2.24) is 9.97 Å². The Morgan fingerprint density at radius 3 is 2.10 bits per heavy atom. The molecule has 1 aromatic heterocycles. The Bertz CT molecular complexity index is 271. The molecule has 0 bridgehead atoms. The third kappa shape index (κ3) is 1.33. The summed E-state index contributed by atoms with van der Waals surface area (Å²) in [6, 6.07) is 1.94. The predicted molar refractivity (Wildman–Crippen MR) is 42.1 cm³/mol.